The lowest BCUT2D eigenvalue weighted by Crippen LogP contribution is -2.16. The minimum Gasteiger partial charge on any atom is -0.387 e. The van der Waals surface area contributed by atoms with Crippen LogP contribution in [0, 0.1) is 5.92 Å². The van der Waals surface area contributed by atoms with Crippen molar-refractivity contribution in [3.63, 3.8) is 0 Å². The predicted octanol–water partition coefficient (Wildman–Crippen LogP) is 3.41. The van der Waals surface area contributed by atoms with Gasteiger partial charge in [-0.15, -0.1) is 0 Å². The first-order chi connectivity index (χ1) is 6.74. The Morgan fingerprint density at radius 3 is 3.07 bits per heavy atom. The van der Waals surface area contributed by atoms with Gasteiger partial charge in [-0.3, -0.25) is 0 Å². The van der Waals surface area contributed by atoms with Crippen molar-refractivity contribution >= 4 is 0 Å². The Labute approximate surface area is 87.6 Å². The van der Waals surface area contributed by atoms with Gasteiger partial charge in [0.25, 0.3) is 0 Å². The first kappa shape index (κ1) is 11.1. The molecule has 1 atom stereocenters. The lowest BCUT2D eigenvalue weighted by molar-refractivity contribution is 0.653. The van der Waals surface area contributed by atoms with Gasteiger partial charge in [0.1, 0.15) is 0 Å². The Hall–Kier alpha value is -0.980. The van der Waals surface area contributed by atoms with E-state index in [1.807, 2.05) is 0 Å². The Kier molecular flexibility index (Phi) is 4.51. The predicted molar refractivity (Wildman–Crippen MR) is 63.1 cm³/mol. The maximum atomic E-state index is 3.37. The molecule has 14 heavy (non-hydrogen) atoms. The monoisotopic (exact) mass is 191 g/mol. The smallest absolute Gasteiger partial charge is 0.0360 e. The van der Waals surface area contributed by atoms with E-state index >= 15 is 0 Å². The summed E-state index contributed by atoms with van der Waals surface area (Å²) in [5, 5.41) is 3.37. The number of hydrogen-bond donors (Lipinski definition) is 1. The van der Waals surface area contributed by atoms with Crippen LogP contribution in [0.15, 0.2) is 35.6 Å². The van der Waals surface area contributed by atoms with Gasteiger partial charge in [-0.25, -0.2) is 0 Å². The van der Waals surface area contributed by atoms with Crippen molar-refractivity contribution in [3.8, 4) is 0 Å². The Morgan fingerprint density at radius 2 is 2.43 bits per heavy atom. The first-order valence-electron chi connectivity index (χ1n) is 5.48. The Bertz CT molecular complexity index is 258. The molecule has 0 spiro atoms. The van der Waals surface area contributed by atoms with E-state index in [-0.39, 0.29) is 0 Å². The molecule has 0 saturated carbocycles. The molecule has 0 aromatic rings. The Morgan fingerprint density at radius 1 is 1.64 bits per heavy atom. The molecule has 1 unspecified atom stereocenters. The molecule has 0 amide bonds. The van der Waals surface area contributed by atoms with E-state index in [4.69, 9.17) is 0 Å². The van der Waals surface area contributed by atoms with Crippen LogP contribution in [0.4, 0.5) is 0 Å². The molecule has 0 aliphatic heterocycles. The SMILES string of the molecule is CC/C(C)=C\NCC1=CC=CCC1C. The van der Waals surface area contributed by atoms with Crippen LogP contribution in [-0.4, -0.2) is 6.54 Å². The van der Waals surface area contributed by atoms with Crippen molar-refractivity contribution in [1.29, 1.82) is 0 Å². The standard InChI is InChI=1S/C13H21N/c1-4-11(2)9-14-10-13-8-6-5-7-12(13)3/h5-6,8-9,12,14H,4,7,10H2,1-3H3/b11-9-. The van der Waals surface area contributed by atoms with E-state index in [0.29, 0.717) is 5.92 Å². The highest BCUT2D eigenvalue weighted by Gasteiger charge is 2.08. The average Bonchev–Trinajstić information content (AvgIpc) is 2.20. The molecule has 0 heterocycles. The van der Waals surface area contributed by atoms with Crippen molar-refractivity contribution in [2.24, 2.45) is 5.92 Å². The van der Waals surface area contributed by atoms with Crippen molar-refractivity contribution in [2.75, 3.05) is 6.54 Å². The lowest BCUT2D eigenvalue weighted by atomic mass is 9.93. The normalized spacial score (nSPS) is 22.1. The van der Waals surface area contributed by atoms with Gasteiger partial charge in [0.2, 0.25) is 0 Å². The third-order valence-corrected chi connectivity index (χ3v) is 2.78. The molecule has 1 aliphatic carbocycles. The molecular weight excluding hydrogens is 170 g/mol. The van der Waals surface area contributed by atoms with E-state index in [9.17, 15) is 0 Å². The van der Waals surface area contributed by atoms with Gasteiger partial charge in [-0.05, 0) is 37.5 Å². The number of nitrogens with one attached hydrogen (secondary N) is 1. The average molecular weight is 191 g/mol. The second kappa shape index (κ2) is 5.69. The van der Waals surface area contributed by atoms with Gasteiger partial charge in [0, 0.05) is 6.54 Å². The van der Waals surface area contributed by atoms with Crippen LogP contribution in [0.5, 0.6) is 0 Å². The van der Waals surface area contributed by atoms with E-state index in [2.05, 4.69) is 50.5 Å². The molecule has 1 aliphatic rings. The van der Waals surface area contributed by atoms with Gasteiger partial charge in [0.15, 0.2) is 0 Å². The fourth-order valence-electron chi connectivity index (χ4n) is 1.47. The summed E-state index contributed by atoms with van der Waals surface area (Å²) in [6.07, 6.45) is 11.1. The molecule has 0 radical (unpaired) electrons. The molecule has 1 rings (SSSR count). The van der Waals surface area contributed by atoms with Crippen molar-refractivity contribution in [2.45, 2.75) is 33.6 Å². The summed E-state index contributed by atoms with van der Waals surface area (Å²) in [7, 11) is 0. The molecule has 0 aromatic carbocycles. The van der Waals surface area contributed by atoms with Crippen LogP contribution in [0.2, 0.25) is 0 Å². The second-order valence-corrected chi connectivity index (χ2v) is 4.03. The molecule has 1 heteroatoms. The van der Waals surface area contributed by atoms with Crippen molar-refractivity contribution < 1.29 is 0 Å². The summed E-state index contributed by atoms with van der Waals surface area (Å²) >= 11 is 0. The zero-order valence-electron chi connectivity index (χ0n) is 9.51. The summed E-state index contributed by atoms with van der Waals surface area (Å²) in [6, 6.07) is 0. The zero-order valence-corrected chi connectivity index (χ0v) is 9.51. The fraction of sp³-hybridized carbons (Fsp3) is 0.538. The highest BCUT2D eigenvalue weighted by Crippen LogP contribution is 2.18. The maximum absolute atomic E-state index is 3.37. The highest BCUT2D eigenvalue weighted by atomic mass is 14.8. The van der Waals surface area contributed by atoms with E-state index in [0.717, 1.165) is 13.0 Å². The summed E-state index contributed by atoms with van der Waals surface area (Å²) in [5.74, 6) is 0.697. The van der Waals surface area contributed by atoms with Crippen LogP contribution in [-0.2, 0) is 0 Å². The van der Waals surface area contributed by atoms with Gasteiger partial charge < -0.3 is 5.32 Å². The molecule has 1 nitrogen and oxygen atoms in total. The van der Waals surface area contributed by atoms with Crippen molar-refractivity contribution in [1.82, 2.24) is 5.32 Å². The lowest BCUT2D eigenvalue weighted by Gasteiger charge is -2.17. The zero-order chi connectivity index (χ0) is 10.4. The van der Waals surface area contributed by atoms with Crippen molar-refractivity contribution in [3.05, 3.63) is 35.6 Å². The first-order valence-corrected chi connectivity index (χ1v) is 5.48. The summed E-state index contributed by atoms with van der Waals surface area (Å²) in [4.78, 5) is 0. The van der Waals surface area contributed by atoms with Crippen LogP contribution in [0.25, 0.3) is 0 Å². The quantitative estimate of drug-likeness (QED) is 0.718. The third kappa shape index (κ3) is 3.41. The number of allylic oxidation sites excluding steroid dienone is 4. The maximum Gasteiger partial charge on any atom is 0.0360 e. The Balaban J connectivity index is 2.37. The number of rotatable bonds is 4. The number of hydrogen-bond acceptors (Lipinski definition) is 1. The molecule has 1 N–H and O–H groups in total. The minimum absolute atomic E-state index is 0.697. The van der Waals surface area contributed by atoms with Crippen LogP contribution in [0.1, 0.15) is 33.6 Å². The van der Waals surface area contributed by atoms with Gasteiger partial charge >= 0.3 is 0 Å². The third-order valence-electron chi connectivity index (χ3n) is 2.78. The van der Waals surface area contributed by atoms with E-state index in [1.165, 1.54) is 17.6 Å². The summed E-state index contributed by atoms with van der Waals surface area (Å²) in [6.45, 7) is 7.61. The van der Waals surface area contributed by atoms with E-state index < -0.39 is 0 Å². The topological polar surface area (TPSA) is 12.0 Å². The van der Waals surface area contributed by atoms with E-state index in [1.54, 1.807) is 0 Å². The summed E-state index contributed by atoms with van der Waals surface area (Å²) < 4.78 is 0. The minimum atomic E-state index is 0.697. The summed E-state index contributed by atoms with van der Waals surface area (Å²) in [5.41, 5.74) is 2.91. The van der Waals surface area contributed by atoms with Crippen LogP contribution >= 0.6 is 0 Å². The molecule has 0 fully saturated rings. The largest absolute Gasteiger partial charge is 0.387 e. The van der Waals surface area contributed by atoms with Crippen LogP contribution < -0.4 is 5.32 Å². The van der Waals surface area contributed by atoms with Gasteiger partial charge in [0.05, 0.1) is 0 Å². The molecule has 0 bridgehead atoms. The molecule has 0 aromatic heterocycles. The molecular formula is C13H21N. The highest BCUT2D eigenvalue weighted by molar-refractivity contribution is 5.21. The molecule has 78 valence electrons. The van der Waals surface area contributed by atoms with Crippen LogP contribution in [0.3, 0.4) is 0 Å². The fourth-order valence-corrected chi connectivity index (χ4v) is 1.47. The van der Waals surface area contributed by atoms with Gasteiger partial charge in [-0.2, -0.15) is 0 Å². The second-order valence-electron chi connectivity index (χ2n) is 4.03. The van der Waals surface area contributed by atoms with Gasteiger partial charge in [-0.1, -0.05) is 37.6 Å². The molecule has 0 saturated heterocycles.